The molecule has 21 heavy (non-hydrogen) atoms. The minimum absolute atomic E-state index is 0. The predicted octanol–water partition coefficient (Wildman–Crippen LogP) is 4.19. The molecule has 0 spiro atoms. The van der Waals surface area contributed by atoms with E-state index in [1.807, 2.05) is 13.8 Å². The molecule has 0 aromatic carbocycles. The zero-order valence-electron chi connectivity index (χ0n) is 14.2. The van der Waals surface area contributed by atoms with Gasteiger partial charge in [0.2, 0.25) is 0 Å². The van der Waals surface area contributed by atoms with Gasteiger partial charge in [-0.2, -0.15) is 0 Å². The number of aliphatic carboxylic acids is 2. The number of carboxylic acids is 2. The van der Waals surface area contributed by atoms with E-state index in [4.69, 9.17) is 10.2 Å². The number of hydrogen-bond acceptors (Lipinski definition) is 2. The Morgan fingerprint density at radius 3 is 1.19 bits per heavy atom. The van der Waals surface area contributed by atoms with Crippen molar-refractivity contribution in [2.75, 3.05) is 0 Å². The van der Waals surface area contributed by atoms with E-state index in [-0.39, 0.29) is 57.3 Å². The van der Waals surface area contributed by atoms with Gasteiger partial charge >= 0.3 is 11.9 Å². The van der Waals surface area contributed by atoms with Gasteiger partial charge in [0.25, 0.3) is 0 Å². The van der Waals surface area contributed by atoms with E-state index in [0.717, 1.165) is 51.4 Å². The van der Waals surface area contributed by atoms with Crippen molar-refractivity contribution < 1.29 is 19.8 Å². The summed E-state index contributed by atoms with van der Waals surface area (Å²) in [5, 5.41) is 17.2. The third-order valence-corrected chi connectivity index (χ3v) is 3.50. The van der Waals surface area contributed by atoms with Crippen LogP contribution in [0, 0.1) is 11.8 Å². The number of unbranched alkanes of at least 4 members (excludes halogenated alkanes) is 2. The summed E-state index contributed by atoms with van der Waals surface area (Å²) >= 11 is 0. The van der Waals surface area contributed by atoms with Crippen molar-refractivity contribution >= 4 is 57.4 Å². The fraction of sp³-hybridized carbons (Fsp3) is 0.875. The summed E-state index contributed by atoms with van der Waals surface area (Å²) in [5.41, 5.74) is 0. The van der Waals surface area contributed by atoms with Crippen LogP contribution in [0.2, 0.25) is 0 Å². The van der Waals surface area contributed by atoms with Gasteiger partial charge in [-0.25, -0.2) is 0 Å². The summed E-state index contributed by atoms with van der Waals surface area (Å²) in [6.45, 7) is 8.01. The standard InChI is InChI=1S/2C8H16O2.Sr/c2*1-3-5-6-7(4-2)8(9)10;/h2*7H,3-6H2,1-2H3,(H,9,10);. The normalized spacial score (nSPS) is 12.4. The molecule has 0 aliphatic carbocycles. The molecule has 0 amide bonds. The fourth-order valence-corrected chi connectivity index (χ4v) is 1.91. The van der Waals surface area contributed by atoms with Crippen LogP contribution >= 0.6 is 0 Å². The van der Waals surface area contributed by atoms with Crippen LogP contribution in [0.3, 0.4) is 0 Å². The van der Waals surface area contributed by atoms with E-state index >= 15 is 0 Å². The second-order valence-corrected chi connectivity index (χ2v) is 5.17. The Hall–Kier alpha value is 0.421. The molecule has 2 unspecified atom stereocenters. The quantitative estimate of drug-likeness (QED) is 0.561. The van der Waals surface area contributed by atoms with E-state index in [1.54, 1.807) is 0 Å². The van der Waals surface area contributed by atoms with Crippen molar-refractivity contribution in [1.29, 1.82) is 0 Å². The fourth-order valence-electron chi connectivity index (χ4n) is 1.91. The third kappa shape index (κ3) is 16.6. The minimum atomic E-state index is -0.643. The van der Waals surface area contributed by atoms with Crippen molar-refractivity contribution in [1.82, 2.24) is 0 Å². The van der Waals surface area contributed by atoms with E-state index in [0.29, 0.717) is 0 Å². The second-order valence-electron chi connectivity index (χ2n) is 5.17. The average Bonchev–Trinajstić information content (AvgIpc) is 2.40. The molecule has 0 fully saturated rings. The molecule has 2 radical (unpaired) electrons. The first-order valence-corrected chi connectivity index (χ1v) is 7.89. The van der Waals surface area contributed by atoms with Gasteiger partial charge < -0.3 is 10.2 Å². The second kappa shape index (κ2) is 18.5. The summed E-state index contributed by atoms with van der Waals surface area (Å²) in [5.74, 6) is -1.51. The maximum Gasteiger partial charge on any atom is 0.306 e. The zero-order chi connectivity index (χ0) is 16.0. The first-order chi connectivity index (χ1) is 9.44. The average molecular weight is 376 g/mol. The summed E-state index contributed by atoms with van der Waals surface area (Å²) in [7, 11) is 0. The summed E-state index contributed by atoms with van der Waals surface area (Å²) < 4.78 is 0. The van der Waals surface area contributed by atoms with Crippen LogP contribution in [-0.4, -0.2) is 67.6 Å². The van der Waals surface area contributed by atoms with Crippen LogP contribution in [0.25, 0.3) is 0 Å². The Morgan fingerprint density at radius 1 is 0.762 bits per heavy atom. The van der Waals surface area contributed by atoms with Crippen LogP contribution in [0.5, 0.6) is 0 Å². The Balaban J connectivity index is -0.000000295. The van der Waals surface area contributed by atoms with Crippen LogP contribution in [-0.2, 0) is 9.59 Å². The molecule has 0 bridgehead atoms. The Kier molecular flexibility index (Phi) is 23.2. The van der Waals surface area contributed by atoms with Gasteiger partial charge in [-0.05, 0) is 25.7 Å². The molecular weight excluding hydrogens is 344 g/mol. The van der Waals surface area contributed by atoms with Crippen molar-refractivity contribution in [3.63, 3.8) is 0 Å². The van der Waals surface area contributed by atoms with Crippen LogP contribution < -0.4 is 0 Å². The van der Waals surface area contributed by atoms with Gasteiger partial charge in [0.1, 0.15) is 0 Å². The Bertz CT molecular complexity index is 231. The van der Waals surface area contributed by atoms with Crippen molar-refractivity contribution in [2.24, 2.45) is 11.8 Å². The molecule has 0 aliphatic rings. The monoisotopic (exact) mass is 376 g/mol. The minimum Gasteiger partial charge on any atom is -0.481 e. The summed E-state index contributed by atoms with van der Waals surface area (Å²) in [6.07, 6.45) is 7.43. The van der Waals surface area contributed by atoms with Gasteiger partial charge in [-0.15, -0.1) is 0 Å². The van der Waals surface area contributed by atoms with E-state index in [9.17, 15) is 9.59 Å². The zero-order valence-corrected chi connectivity index (χ0v) is 17.7. The number of hydrogen-bond donors (Lipinski definition) is 2. The van der Waals surface area contributed by atoms with Crippen LogP contribution in [0.1, 0.15) is 79.1 Å². The largest absolute Gasteiger partial charge is 0.481 e. The van der Waals surface area contributed by atoms with Crippen molar-refractivity contribution in [3.8, 4) is 0 Å². The van der Waals surface area contributed by atoms with E-state index in [1.165, 1.54) is 0 Å². The predicted molar refractivity (Wildman–Crippen MR) is 87.6 cm³/mol. The molecule has 122 valence electrons. The Labute approximate surface area is 167 Å². The first-order valence-electron chi connectivity index (χ1n) is 7.89. The third-order valence-electron chi connectivity index (χ3n) is 3.50. The summed E-state index contributed by atoms with van der Waals surface area (Å²) in [4.78, 5) is 20.9. The molecule has 2 atom stereocenters. The number of rotatable bonds is 10. The smallest absolute Gasteiger partial charge is 0.306 e. The molecule has 0 saturated heterocycles. The molecular formula is C16H32O4Sr. The van der Waals surface area contributed by atoms with Crippen LogP contribution in [0.15, 0.2) is 0 Å². The van der Waals surface area contributed by atoms with Crippen molar-refractivity contribution in [2.45, 2.75) is 79.1 Å². The summed E-state index contributed by atoms with van der Waals surface area (Å²) in [6, 6.07) is 0. The molecule has 0 aromatic rings. The Morgan fingerprint density at radius 2 is 1.05 bits per heavy atom. The molecule has 2 N–H and O–H groups in total. The van der Waals surface area contributed by atoms with Gasteiger partial charge in [-0.3, -0.25) is 9.59 Å². The maximum atomic E-state index is 10.4. The molecule has 4 nitrogen and oxygen atoms in total. The molecule has 0 aromatic heterocycles. The van der Waals surface area contributed by atoms with Crippen molar-refractivity contribution in [3.05, 3.63) is 0 Å². The van der Waals surface area contributed by atoms with Gasteiger partial charge in [0, 0.05) is 45.5 Å². The molecule has 0 rings (SSSR count). The van der Waals surface area contributed by atoms with Gasteiger partial charge in [0.15, 0.2) is 0 Å². The van der Waals surface area contributed by atoms with E-state index in [2.05, 4.69) is 13.8 Å². The molecule has 0 aliphatic heterocycles. The molecule has 5 heteroatoms. The van der Waals surface area contributed by atoms with Crippen LogP contribution in [0.4, 0.5) is 0 Å². The number of carboxylic acid groups (broad SMARTS) is 2. The SMILES string of the molecule is CCCCC(CC)C(=O)O.CCCCC(CC)C(=O)O.[Sr]. The van der Waals surface area contributed by atoms with E-state index < -0.39 is 11.9 Å². The van der Waals surface area contributed by atoms with Gasteiger partial charge in [-0.1, -0.05) is 53.4 Å². The first kappa shape index (κ1) is 26.3. The number of carbonyl (C=O) groups is 2. The van der Waals surface area contributed by atoms with Gasteiger partial charge in [0.05, 0.1) is 11.8 Å². The molecule has 0 saturated carbocycles. The molecule has 0 heterocycles. The topological polar surface area (TPSA) is 74.6 Å². The maximum absolute atomic E-state index is 10.4.